The third-order valence-electron chi connectivity index (χ3n) is 4.93. The maximum atomic E-state index is 12.6. The van der Waals surface area contributed by atoms with Crippen molar-refractivity contribution in [1.29, 1.82) is 0 Å². The predicted molar refractivity (Wildman–Crippen MR) is 95.0 cm³/mol. The van der Waals surface area contributed by atoms with E-state index in [0.29, 0.717) is 6.04 Å². The molecule has 1 aromatic carbocycles. The second-order valence-corrected chi connectivity index (χ2v) is 7.08. The highest BCUT2D eigenvalue weighted by atomic mass is 16.2. The van der Waals surface area contributed by atoms with Gasteiger partial charge in [0.05, 0.1) is 5.54 Å². The lowest BCUT2D eigenvalue weighted by atomic mass is 9.93. The Labute approximate surface area is 140 Å². The van der Waals surface area contributed by atoms with Crippen molar-refractivity contribution >= 4 is 5.91 Å². The van der Waals surface area contributed by atoms with E-state index in [9.17, 15) is 4.79 Å². The summed E-state index contributed by atoms with van der Waals surface area (Å²) in [5.41, 5.74) is 6.83. The van der Waals surface area contributed by atoms with Crippen LogP contribution in [-0.2, 0) is 11.3 Å². The minimum atomic E-state index is -0.731. The van der Waals surface area contributed by atoms with E-state index in [1.54, 1.807) is 0 Å². The minimum Gasteiger partial charge on any atom is -0.341 e. The van der Waals surface area contributed by atoms with E-state index in [-0.39, 0.29) is 5.91 Å². The first kappa shape index (κ1) is 18.0. The fourth-order valence-electron chi connectivity index (χ4n) is 3.50. The van der Waals surface area contributed by atoms with Gasteiger partial charge in [0.25, 0.3) is 0 Å². The summed E-state index contributed by atoms with van der Waals surface area (Å²) in [5.74, 6) is 0.0841. The molecule has 0 radical (unpaired) electrons. The zero-order chi connectivity index (χ0) is 16.9. The van der Waals surface area contributed by atoms with Gasteiger partial charge in [-0.3, -0.25) is 9.69 Å². The molecule has 23 heavy (non-hydrogen) atoms. The van der Waals surface area contributed by atoms with E-state index in [1.165, 1.54) is 5.56 Å². The number of hydrogen-bond acceptors (Lipinski definition) is 3. The summed E-state index contributed by atoms with van der Waals surface area (Å²) < 4.78 is 0. The Balaban J connectivity index is 1.85. The van der Waals surface area contributed by atoms with Crippen LogP contribution in [0.25, 0.3) is 0 Å². The van der Waals surface area contributed by atoms with Crippen molar-refractivity contribution < 1.29 is 4.79 Å². The summed E-state index contributed by atoms with van der Waals surface area (Å²) in [6.45, 7) is 6.99. The van der Waals surface area contributed by atoms with Gasteiger partial charge >= 0.3 is 0 Å². The zero-order valence-corrected chi connectivity index (χ0v) is 14.8. The number of hydrogen-bond donors (Lipinski definition) is 1. The summed E-state index contributed by atoms with van der Waals surface area (Å²) in [6.07, 6.45) is 3.72. The molecule has 1 unspecified atom stereocenters. The van der Waals surface area contributed by atoms with Crippen LogP contribution in [0.4, 0.5) is 0 Å². The maximum Gasteiger partial charge on any atom is 0.242 e. The Hall–Kier alpha value is -1.39. The SMILES string of the molecule is CCCC(C)(N)C(=O)N(C)C1CCN(Cc2ccccc2)CC1. The number of likely N-dealkylation sites (tertiary alicyclic amines) is 1. The quantitative estimate of drug-likeness (QED) is 0.877. The van der Waals surface area contributed by atoms with Gasteiger partial charge in [0.2, 0.25) is 5.91 Å². The van der Waals surface area contributed by atoms with Crippen molar-refractivity contribution in [1.82, 2.24) is 9.80 Å². The third kappa shape index (κ3) is 4.79. The van der Waals surface area contributed by atoms with Crippen molar-refractivity contribution in [2.45, 2.75) is 57.7 Å². The number of benzene rings is 1. The number of likely N-dealkylation sites (N-methyl/N-ethyl adjacent to an activating group) is 1. The Morgan fingerprint density at radius 1 is 1.30 bits per heavy atom. The van der Waals surface area contributed by atoms with Gasteiger partial charge in [-0.1, -0.05) is 43.7 Å². The van der Waals surface area contributed by atoms with Crippen molar-refractivity contribution in [3.05, 3.63) is 35.9 Å². The Morgan fingerprint density at radius 3 is 2.48 bits per heavy atom. The molecule has 1 atom stereocenters. The van der Waals surface area contributed by atoms with Crippen LogP contribution in [0.2, 0.25) is 0 Å². The largest absolute Gasteiger partial charge is 0.341 e. The molecule has 1 aromatic rings. The number of amides is 1. The lowest BCUT2D eigenvalue weighted by Crippen LogP contribution is -2.56. The van der Waals surface area contributed by atoms with Crippen LogP contribution in [0.3, 0.4) is 0 Å². The van der Waals surface area contributed by atoms with Gasteiger partial charge in [-0.25, -0.2) is 0 Å². The highest BCUT2D eigenvalue weighted by Crippen LogP contribution is 2.21. The Morgan fingerprint density at radius 2 is 1.91 bits per heavy atom. The monoisotopic (exact) mass is 317 g/mol. The van der Waals surface area contributed by atoms with Crippen molar-refractivity contribution in [2.75, 3.05) is 20.1 Å². The van der Waals surface area contributed by atoms with Crippen LogP contribution in [-0.4, -0.2) is 47.4 Å². The van der Waals surface area contributed by atoms with Crippen molar-refractivity contribution in [2.24, 2.45) is 5.73 Å². The van der Waals surface area contributed by atoms with Gasteiger partial charge in [-0.2, -0.15) is 0 Å². The third-order valence-corrected chi connectivity index (χ3v) is 4.93. The average molecular weight is 317 g/mol. The molecule has 1 fully saturated rings. The summed E-state index contributed by atoms with van der Waals surface area (Å²) in [7, 11) is 1.92. The van der Waals surface area contributed by atoms with E-state index in [2.05, 4.69) is 42.2 Å². The zero-order valence-electron chi connectivity index (χ0n) is 14.8. The molecule has 128 valence electrons. The molecule has 1 aliphatic rings. The molecule has 2 rings (SSSR count). The van der Waals surface area contributed by atoms with Crippen molar-refractivity contribution in [3.63, 3.8) is 0 Å². The maximum absolute atomic E-state index is 12.6. The molecular formula is C19H31N3O. The van der Waals surface area contributed by atoms with Crippen LogP contribution in [0.1, 0.15) is 45.1 Å². The van der Waals surface area contributed by atoms with Crippen LogP contribution < -0.4 is 5.73 Å². The summed E-state index contributed by atoms with van der Waals surface area (Å²) >= 11 is 0. The molecule has 0 saturated carbocycles. The van der Waals surface area contributed by atoms with Gasteiger partial charge in [-0.15, -0.1) is 0 Å². The van der Waals surface area contributed by atoms with Gasteiger partial charge < -0.3 is 10.6 Å². The smallest absolute Gasteiger partial charge is 0.242 e. The van der Waals surface area contributed by atoms with Gasteiger partial charge in [0.15, 0.2) is 0 Å². The number of carbonyl (C=O) groups excluding carboxylic acids is 1. The standard InChI is InChI=1S/C19H31N3O/c1-4-12-19(2,20)18(23)21(3)17-10-13-22(14-11-17)15-16-8-6-5-7-9-16/h5-9,17H,4,10-15,20H2,1-3H3. The number of carbonyl (C=O) groups is 1. The first-order chi connectivity index (χ1) is 10.9. The molecule has 0 bridgehead atoms. The number of rotatable bonds is 6. The average Bonchev–Trinajstić information content (AvgIpc) is 2.55. The normalized spacial score (nSPS) is 19.3. The van der Waals surface area contributed by atoms with Crippen LogP contribution in [0, 0.1) is 0 Å². The van der Waals surface area contributed by atoms with Crippen LogP contribution in [0.15, 0.2) is 30.3 Å². The lowest BCUT2D eigenvalue weighted by molar-refractivity contribution is -0.138. The molecule has 0 aromatic heterocycles. The van der Waals surface area contributed by atoms with Gasteiger partial charge in [-0.05, 0) is 31.7 Å². The van der Waals surface area contributed by atoms with E-state index in [4.69, 9.17) is 5.73 Å². The van der Waals surface area contributed by atoms with E-state index < -0.39 is 5.54 Å². The van der Waals surface area contributed by atoms with E-state index in [1.807, 2.05) is 18.9 Å². The molecule has 2 N–H and O–H groups in total. The number of nitrogens with two attached hydrogens (primary N) is 1. The molecule has 1 heterocycles. The Bertz CT molecular complexity index is 493. The lowest BCUT2D eigenvalue weighted by Gasteiger charge is -2.39. The van der Waals surface area contributed by atoms with E-state index in [0.717, 1.165) is 45.3 Å². The van der Waals surface area contributed by atoms with Crippen LogP contribution >= 0.6 is 0 Å². The van der Waals surface area contributed by atoms with Crippen LogP contribution in [0.5, 0.6) is 0 Å². The fourth-order valence-corrected chi connectivity index (χ4v) is 3.50. The van der Waals surface area contributed by atoms with Gasteiger partial charge in [0, 0.05) is 32.7 Å². The minimum absolute atomic E-state index is 0.0841. The first-order valence-electron chi connectivity index (χ1n) is 8.76. The second kappa shape index (κ2) is 7.93. The highest BCUT2D eigenvalue weighted by Gasteiger charge is 2.34. The molecule has 0 aliphatic carbocycles. The predicted octanol–water partition coefficient (Wildman–Crippen LogP) is 2.63. The molecule has 1 saturated heterocycles. The summed E-state index contributed by atoms with van der Waals surface area (Å²) in [6, 6.07) is 10.9. The topological polar surface area (TPSA) is 49.6 Å². The fraction of sp³-hybridized carbons (Fsp3) is 0.632. The first-order valence-corrected chi connectivity index (χ1v) is 8.76. The molecule has 4 nitrogen and oxygen atoms in total. The molecule has 0 spiro atoms. The summed E-state index contributed by atoms with van der Waals surface area (Å²) in [5, 5.41) is 0. The molecule has 4 heteroatoms. The molecule has 1 amide bonds. The summed E-state index contributed by atoms with van der Waals surface area (Å²) in [4.78, 5) is 17.0. The molecular weight excluding hydrogens is 286 g/mol. The second-order valence-electron chi connectivity index (χ2n) is 7.08. The van der Waals surface area contributed by atoms with Crippen molar-refractivity contribution in [3.8, 4) is 0 Å². The number of nitrogens with zero attached hydrogens (tertiary/aromatic N) is 2. The highest BCUT2D eigenvalue weighted by molar-refractivity contribution is 5.85. The number of piperidine rings is 1. The van der Waals surface area contributed by atoms with E-state index >= 15 is 0 Å². The Kier molecular flexibility index (Phi) is 6.19. The molecule has 1 aliphatic heterocycles. The van der Waals surface area contributed by atoms with Gasteiger partial charge in [0.1, 0.15) is 0 Å².